The van der Waals surface area contributed by atoms with Gasteiger partial charge >= 0.3 is 11.1 Å². The predicted octanol–water partition coefficient (Wildman–Crippen LogP) is 3.17. The fraction of sp³-hybridized carbons (Fsp3) is 0.238. The van der Waals surface area contributed by atoms with Gasteiger partial charge < -0.3 is 10.3 Å². The van der Waals surface area contributed by atoms with E-state index in [9.17, 15) is 19.2 Å². The molecule has 7 nitrogen and oxygen atoms in total. The minimum Gasteiger partial charge on any atom is -0.326 e. The molecule has 2 N–H and O–H groups in total. The molecule has 0 radical (unpaired) electrons. The van der Waals surface area contributed by atoms with Crippen molar-refractivity contribution in [1.29, 1.82) is 0 Å². The first kappa shape index (κ1) is 19.3. The number of H-pyrrole nitrogens is 1. The number of halogens is 1. The number of amides is 1. The van der Waals surface area contributed by atoms with Gasteiger partial charge in [-0.05, 0) is 49.6 Å². The molecule has 1 aliphatic rings. The van der Waals surface area contributed by atoms with Crippen molar-refractivity contribution in [1.82, 2.24) is 9.55 Å². The Morgan fingerprint density at radius 3 is 2.79 bits per heavy atom. The maximum atomic E-state index is 12.6. The van der Waals surface area contributed by atoms with Crippen LogP contribution in [0.4, 0.5) is 5.69 Å². The van der Waals surface area contributed by atoms with Crippen LogP contribution in [-0.2, 0) is 11.2 Å². The van der Waals surface area contributed by atoms with E-state index in [-0.39, 0.29) is 18.1 Å². The summed E-state index contributed by atoms with van der Waals surface area (Å²) in [6.07, 6.45) is 1.32. The summed E-state index contributed by atoms with van der Waals surface area (Å²) in [4.78, 5) is 51.5. The molecule has 0 spiro atoms. The number of carbonyl (C=O) groups is 2. The van der Waals surface area contributed by atoms with Gasteiger partial charge in [0.05, 0.1) is 11.0 Å². The van der Waals surface area contributed by atoms with E-state index >= 15 is 0 Å². The largest absolute Gasteiger partial charge is 0.326 e. The number of benzene rings is 2. The maximum absolute atomic E-state index is 12.6. The number of Topliss-reactive ketones (excluding diaryl/α,β-unsaturated/α-hetero) is 1. The van der Waals surface area contributed by atoms with Crippen LogP contribution in [0.5, 0.6) is 0 Å². The van der Waals surface area contributed by atoms with Crippen molar-refractivity contribution >= 4 is 44.3 Å². The number of nitrogens with one attached hydrogen (secondary N) is 2. The van der Waals surface area contributed by atoms with E-state index in [0.717, 1.165) is 10.0 Å². The summed E-state index contributed by atoms with van der Waals surface area (Å²) in [5, 5.41) is 2.78. The van der Waals surface area contributed by atoms with Crippen LogP contribution in [0.3, 0.4) is 0 Å². The Bertz CT molecular complexity index is 1280. The third kappa shape index (κ3) is 3.67. The van der Waals surface area contributed by atoms with Gasteiger partial charge in [-0.1, -0.05) is 28.1 Å². The van der Waals surface area contributed by atoms with E-state index in [1.165, 1.54) is 11.5 Å². The smallest absolute Gasteiger partial charge is 0.317 e. The zero-order chi connectivity index (χ0) is 20.7. The number of anilines is 1. The number of aromatic nitrogens is 2. The third-order valence-electron chi connectivity index (χ3n) is 5.14. The van der Waals surface area contributed by atoms with Crippen LogP contribution < -0.4 is 16.4 Å². The number of carbonyl (C=O) groups excluding carboxylic acids is 2. The Hall–Kier alpha value is -3.00. The highest BCUT2D eigenvalue weighted by Crippen LogP contribution is 2.32. The van der Waals surface area contributed by atoms with E-state index in [1.54, 1.807) is 30.3 Å². The number of aromatic amines is 1. The molecule has 3 aromatic rings. The van der Waals surface area contributed by atoms with Gasteiger partial charge in [0, 0.05) is 28.2 Å². The molecule has 0 fully saturated rings. The molecule has 0 bridgehead atoms. The molecule has 0 saturated carbocycles. The first-order valence-corrected chi connectivity index (χ1v) is 10.0. The Morgan fingerprint density at radius 1 is 1.24 bits per heavy atom. The highest BCUT2D eigenvalue weighted by atomic mass is 79.9. The van der Waals surface area contributed by atoms with Crippen LogP contribution in [0.25, 0.3) is 11.0 Å². The molecule has 1 aliphatic heterocycles. The maximum Gasteiger partial charge on any atom is 0.317 e. The van der Waals surface area contributed by atoms with Gasteiger partial charge in [0.1, 0.15) is 0 Å². The highest BCUT2D eigenvalue weighted by Gasteiger charge is 2.26. The number of nitrogens with zero attached hydrogens (tertiary/aromatic N) is 1. The van der Waals surface area contributed by atoms with Gasteiger partial charge in [-0.3, -0.25) is 23.7 Å². The summed E-state index contributed by atoms with van der Waals surface area (Å²) in [7, 11) is 0. The second-order valence-electron chi connectivity index (χ2n) is 7.17. The summed E-state index contributed by atoms with van der Waals surface area (Å²) < 4.78 is 2.27. The second kappa shape index (κ2) is 7.44. The highest BCUT2D eigenvalue weighted by molar-refractivity contribution is 9.10. The van der Waals surface area contributed by atoms with E-state index in [0.29, 0.717) is 35.1 Å². The molecule has 1 amide bonds. The predicted molar refractivity (Wildman–Crippen MR) is 114 cm³/mol. The van der Waals surface area contributed by atoms with Gasteiger partial charge in [-0.15, -0.1) is 0 Å². The molecule has 4 rings (SSSR count). The van der Waals surface area contributed by atoms with Crippen LogP contribution in [0.15, 0.2) is 50.5 Å². The molecule has 1 unspecified atom stereocenters. The molecule has 2 aromatic carbocycles. The number of hydrogen-bond donors (Lipinski definition) is 2. The zero-order valence-electron chi connectivity index (χ0n) is 15.6. The Kier molecular flexibility index (Phi) is 4.96. The lowest BCUT2D eigenvalue weighted by molar-refractivity contribution is -0.117. The van der Waals surface area contributed by atoms with Crippen molar-refractivity contribution in [2.24, 2.45) is 0 Å². The SMILES string of the molecule is CC(=O)c1cccc(NC(=O)CC2CCc3cc(Br)cc4[nH]c(=O)c(=O)n2c34)c1. The molecular formula is C21H18BrN3O4. The number of hydrogen-bond acceptors (Lipinski definition) is 4. The van der Waals surface area contributed by atoms with Crippen molar-refractivity contribution in [3.63, 3.8) is 0 Å². The molecule has 1 atom stereocenters. The average molecular weight is 456 g/mol. The van der Waals surface area contributed by atoms with E-state index in [1.807, 2.05) is 6.07 Å². The topological polar surface area (TPSA) is 101 Å². The van der Waals surface area contributed by atoms with Crippen molar-refractivity contribution in [2.45, 2.75) is 32.2 Å². The quantitative estimate of drug-likeness (QED) is 0.465. The summed E-state index contributed by atoms with van der Waals surface area (Å²) in [5.41, 5.74) is 1.85. The lowest BCUT2D eigenvalue weighted by Gasteiger charge is -2.27. The van der Waals surface area contributed by atoms with Crippen molar-refractivity contribution in [2.75, 3.05) is 5.32 Å². The monoisotopic (exact) mass is 455 g/mol. The van der Waals surface area contributed by atoms with Gasteiger partial charge in [0.25, 0.3) is 0 Å². The summed E-state index contributed by atoms with van der Waals surface area (Å²) in [6.45, 7) is 1.46. The summed E-state index contributed by atoms with van der Waals surface area (Å²) >= 11 is 3.43. The number of aryl methyl sites for hydroxylation is 1. The Labute approximate surface area is 173 Å². The van der Waals surface area contributed by atoms with Crippen molar-refractivity contribution < 1.29 is 9.59 Å². The minimum atomic E-state index is -0.706. The molecular weight excluding hydrogens is 438 g/mol. The zero-order valence-corrected chi connectivity index (χ0v) is 17.2. The Balaban J connectivity index is 1.66. The van der Waals surface area contributed by atoms with Gasteiger partial charge in [0.15, 0.2) is 5.78 Å². The molecule has 2 heterocycles. The first-order valence-electron chi connectivity index (χ1n) is 9.21. The van der Waals surface area contributed by atoms with Crippen molar-refractivity contribution in [3.8, 4) is 0 Å². The van der Waals surface area contributed by atoms with E-state index in [2.05, 4.69) is 26.2 Å². The average Bonchev–Trinajstić information content (AvgIpc) is 2.66. The Morgan fingerprint density at radius 2 is 2.03 bits per heavy atom. The van der Waals surface area contributed by atoms with E-state index < -0.39 is 17.2 Å². The summed E-state index contributed by atoms with van der Waals surface area (Å²) in [6, 6.07) is 9.97. The lowest BCUT2D eigenvalue weighted by atomic mass is 9.96. The van der Waals surface area contributed by atoms with Gasteiger partial charge in [-0.25, -0.2) is 0 Å². The second-order valence-corrected chi connectivity index (χ2v) is 8.09. The molecule has 0 saturated heterocycles. The summed E-state index contributed by atoms with van der Waals surface area (Å²) in [5.74, 6) is -0.370. The molecule has 8 heteroatoms. The number of ketones is 1. The third-order valence-corrected chi connectivity index (χ3v) is 5.60. The van der Waals surface area contributed by atoms with Gasteiger partial charge in [0.2, 0.25) is 5.91 Å². The van der Waals surface area contributed by atoms with Crippen molar-refractivity contribution in [3.05, 3.63) is 72.7 Å². The fourth-order valence-electron chi connectivity index (χ4n) is 3.85. The fourth-order valence-corrected chi connectivity index (χ4v) is 4.35. The number of rotatable bonds is 4. The van der Waals surface area contributed by atoms with Crippen LogP contribution in [0.2, 0.25) is 0 Å². The molecule has 0 aliphatic carbocycles. The minimum absolute atomic E-state index is 0.0538. The van der Waals surface area contributed by atoms with Crippen LogP contribution in [-0.4, -0.2) is 21.2 Å². The molecule has 29 heavy (non-hydrogen) atoms. The van der Waals surface area contributed by atoms with Crippen LogP contribution in [0, 0.1) is 0 Å². The lowest BCUT2D eigenvalue weighted by Crippen LogP contribution is -2.41. The van der Waals surface area contributed by atoms with Gasteiger partial charge in [-0.2, -0.15) is 0 Å². The normalized spacial score (nSPS) is 15.3. The first-order chi connectivity index (χ1) is 13.8. The van der Waals surface area contributed by atoms with Crippen LogP contribution >= 0.6 is 15.9 Å². The molecule has 1 aromatic heterocycles. The standard InChI is InChI=1S/C21H18BrN3O4/c1-11(26)12-3-2-4-15(8-12)23-18(27)10-16-6-5-13-7-14(22)9-17-19(13)25(16)21(29)20(28)24-17/h2-4,7-9,16H,5-6,10H2,1H3,(H,23,27)(H,24,28). The van der Waals surface area contributed by atoms with Crippen LogP contribution in [0.1, 0.15) is 41.7 Å². The molecule has 148 valence electrons. The van der Waals surface area contributed by atoms with E-state index in [4.69, 9.17) is 0 Å².